The zero-order valence-corrected chi connectivity index (χ0v) is 35.7. The molecule has 10 unspecified atom stereocenters. The minimum absolute atomic E-state index is 0.00333. The van der Waals surface area contributed by atoms with Crippen molar-refractivity contribution in [1.29, 1.82) is 0 Å². The Hall–Kier alpha value is -3.99. The number of ether oxygens (including phenoxy) is 2. The molecule has 4 saturated heterocycles. The van der Waals surface area contributed by atoms with Gasteiger partial charge in [-0.15, -0.1) is 0 Å². The topological polar surface area (TPSA) is 275 Å². The summed E-state index contributed by atoms with van der Waals surface area (Å²) in [4.78, 5) is 103. The Morgan fingerprint density at radius 1 is 0.949 bits per heavy atom. The molecule has 0 spiro atoms. The summed E-state index contributed by atoms with van der Waals surface area (Å²) in [7, 11) is 1.16. The van der Waals surface area contributed by atoms with Crippen LogP contribution >= 0.6 is 0 Å². The molecule has 0 aromatic heterocycles. The van der Waals surface area contributed by atoms with E-state index in [4.69, 9.17) is 20.0 Å². The number of hydrogen-bond acceptors (Lipinski definition) is 15. The molecule has 0 saturated carbocycles. The molecule has 21 heteroatoms. The van der Waals surface area contributed by atoms with Gasteiger partial charge < -0.3 is 30.9 Å². The monoisotopic (exact) mass is 839 g/mol. The number of rotatable bonds is 7. The van der Waals surface area contributed by atoms with Crippen LogP contribution in [0.3, 0.4) is 0 Å². The highest BCUT2D eigenvalue weighted by molar-refractivity contribution is 5.97. The van der Waals surface area contributed by atoms with Gasteiger partial charge in [0.15, 0.2) is 11.8 Å². The van der Waals surface area contributed by atoms with E-state index >= 15 is 0 Å². The van der Waals surface area contributed by atoms with E-state index in [2.05, 4.69) is 35.3 Å². The lowest BCUT2D eigenvalue weighted by Gasteiger charge is -2.48. The first kappa shape index (κ1) is 47.7. The zero-order valence-electron chi connectivity index (χ0n) is 35.7. The molecule has 0 aromatic rings. The van der Waals surface area contributed by atoms with E-state index in [0.717, 1.165) is 28.6 Å². The molecule has 4 aliphatic rings. The third-order valence-electron chi connectivity index (χ3n) is 11.8. The van der Waals surface area contributed by atoms with E-state index in [1.165, 1.54) is 20.8 Å². The number of cyclic esters (lactones) is 1. The van der Waals surface area contributed by atoms with E-state index < -0.39 is 108 Å². The first-order valence-electron chi connectivity index (χ1n) is 20.6. The zero-order chi connectivity index (χ0) is 44.1. The van der Waals surface area contributed by atoms with Gasteiger partial charge in [-0.3, -0.25) is 48.8 Å². The van der Waals surface area contributed by atoms with Crippen LogP contribution in [0.2, 0.25) is 0 Å². The van der Waals surface area contributed by atoms with Crippen LogP contribution in [-0.2, 0) is 47.9 Å². The second kappa shape index (κ2) is 19.6. The highest BCUT2D eigenvalue weighted by Crippen LogP contribution is 2.39. The van der Waals surface area contributed by atoms with Crippen molar-refractivity contribution in [3.63, 3.8) is 0 Å². The Labute approximate surface area is 345 Å². The van der Waals surface area contributed by atoms with E-state index in [1.807, 2.05) is 0 Å². The lowest BCUT2D eigenvalue weighted by Crippen LogP contribution is -2.73. The number of nitrogens with two attached hydrogens (primary N) is 1. The normalized spacial score (nSPS) is 33.7. The minimum Gasteiger partial charge on any atom is -0.458 e. The number of hydroxylamine groups is 4. The van der Waals surface area contributed by atoms with Gasteiger partial charge in [0.25, 0.3) is 23.6 Å². The van der Waals surface area contributed by atoms with Crippen molar-refractivity contribution >= 4 is 41.4 Å². The minimum atomic E-state index is -2.18. The molecule has 0 bridgehead atoms. The molecule has 0 radical (unpaired) electrons. The Kier molecular flexibility index (Phi) is 15.8. The molecule has 0 aromatic carbocycles. The first-order valence-corrected chi connectivity index (χ1v) is 20.6. The summed E-state index contributed by atoms with van der Waals surface area (Å²) in [6.45, 7) is 12.8. The maximum atomic E-state index is 14.9. The predicted octanol–water partition coefficient (Wildman–Crippen LogP) is -1.19. The number of nitrogens with one attached hydrogen (secondary N) is 4. The van der Waals surface area contributed by atoms with Crippen LogP contribution in [0.15, 0.2) is 0 Å². The van der Waals surface area contributed by atoms with Gasteiger partial charge in [0.1, 0.15) is 35.8 Å². The summed E-state index contributed by atoms with van der Waals surface area (Å²) < 4.78 is 12.0. The van der Waals surface area contributed by atoms with Crippen molar-refractivity contribution in [2.75, 3.05) is 26.7 Å². The lowest BCUT2D eigenvalue weighted by molar-refractivity contribution is -0.289. The number of nitrogens with zero attached hydrogens (tertiary/aromatic N) is 4. The van der Waals surface area contributed by atoms with Gasteiger partial charge >= 0.3 is 5.97 Å². The molecule has 4 rings (SSSR count). The molecular weight excluding hydrogens is 774 g/mol. The summed E-state index contributed by atoms with van der Waals surface area (Å²) in [5.41, 5.74) is 10.2. The number of hydrazine groups is 2. The Morgan fingerprint density at radius 3 is 2.10 bits per heavy atom. The van der Waals surface area contributed by atoms with Crippen LogP contribution in [-0.4, -0.2) is 152 Å². The number of carbonyl (C=O) groups is 7. The second-order valence-electron chi connectivity index (χ2n) is 17.0. The molecule has 4 aliphatic heterocycles. The molecular formula is C38H65N9O12. The van der Waals surface area contributed by atoms with Gasteiger partial charge in [-0.25, -0.2) is 25.8 Å². The van der Waals surface area contributed by atoms with Crippen molar-refractivity contribution in [2.24, 2.45) is 23.5 Å². The van der Waals surface area contributed by atoms with E-state index in [-0.39, 0.29) is 36.8 Å². The van der Waals surface area contributed by atoms with Crippen LogP contribution < -0.4 is 27.2 Å². The Morgan fingerprint density at radius 2 is 1.54 bits per heavy atom. The van der Waals surface area contributed by atoms with Crippen molar-refractivity contribution in [3.8, 4) is 0 Å². The molecule has 4 heterocycles. The predicted molar refractivity (Wildman–Crippen MR) is 207 cm³/mol. The van der Waals surface area contributed by atoms with Crippen molar-refractivity contribution < 1.29 is 58.2 Å². The summed E-state index contributed by atoms with van der Waals surface area (Å²) in [6, 6.07) is -7.43. The third-order valence-corrected chi connectivity index (χ3v) is 11.8. The fourth-order valence-corrected chi connectivity index (χ4v) is 8.06. The SMILES string of the molecule is CON1C(=O)C2CCCNN2C(=O)C(NC(=O)C(C)(N)C2(O)CCC(CC(C)C)C(C)O2)C(C(C)C)OC(=O)C(C)N(O)C(=O)C2CCCNN2C(=O)CNC(=O)C1C. The van der Waals surface area contributed by atoms with Crippen LogP contribution in [0.25, 0.3) is 0 Å². The fourth-order valence-electron chi connectivity index (χ4n) is 8.06. The van der Waals surface area contributed by atoms with Gasteiger partial charge in [-0.05, 0) is 84.0 Å². The summed E-state index contributed by atoms with van der Waals surface area (Å²) in [5.74, 6) is -9.06. The first-order chi connectivity index (χ1) is 27.6. The quantitative estimate of drug-likeness (QED) is 0.117. The van der Waals surface area contributed by atoms with Crippen LogP contribution in [0.4, 0.5) is 0 Å². The number of amides is 6. The molecule has 59 heavy (non-hydrogen) atoms. The van der Waals surface area contributed by atoms with E-state index in [9.17, 15) is 43.9 Å². The van der Waals surface area contributed by atoms with Gasteiger partial charge in [0.05, 0.1) is 19.8 Å². The number of carbonyl (C=O) groups excluding carboxylic acids is 7. The highest BCUT2D eigenvalue weighted by atomic mass is 16.7. The standard InChI is InChI=1S/C38H65N9O12/c1-20(2)18-25-14-15-38(55,59-24(25)7)37(8,39)36(54)43-29-30(21(3)4)58-35(53)23(6)46(56)32(50)26-12-10-16-41-44(26)28(48)19-40-31(49)22(5)47(57-9)33(51)27-13-11-17-42-45(27)34(29)52/h20-27,29-30,41-42,55-56H,10-19,39H2,1-9H3,(H,40,49)(H,43,54). The van der Waals surface area contributed by atoms with E-state index in [0.29, 0.717) is 31.7 Å². The smallest absolute Gasteiger partial charge is 0.331 e. The fraction of sp³-hybridized carbons (Fsp3) is 0.816. The van der Waals surface area contributed by atoms with E-state index in [1.54, 1.807) is 20.8 Å². The number of fused-ring (bicyclic) bond motifs is 2. The van der Waals surface area contributed by atoms with Gasteiger partial charge in [-0.2, -0.15) is 0 Å². The number of hydrogen-bond donors (Lipinski definition) is 7. The molecule has 0 aliphatic carbocycles. The average molecular weight is 840 g/mol. The van der Waals surface area contributed by atoms with Crippen LogP contribution in [0.1, 0.15) is 100 Å². The maximum absolute atomic E-state index is 14.9. The number of aliphatic hydroxyl groups is 1. The molecule has 6 amide bonds. The van der Waals surface area contributed by atoms with Crippen LogP contribution in [0.5, 0.6) is 0 Å². The molecule has 21 nitrogen and oxygen atoms in total. The lowest BCUT2D eigenvalue weighted by atomic mass is 9.78. The molecule has 334 valence electrons. The summed E-state index contributed by atoms with van der Waals surface area (Å²) in [6.07, 6.45) is 0.297. The third kappa shape index (κ3) is 10.3. The van der Waals surface area contributed by atoms with Crippen molar-refractivity contribution in [1.82, 2.24) is 41.6 Å². The van der Waals surface area contributed by atoms with Gasteiger partial charge in [-0.1, -0.05) is 27.7 Å². The molecule has 10 atom stereocenters. The number of esters is 1. The van der Waals surface area contributed by atoms with Gasteiger partial charge in [0, 0.05) is 19.5 Å². The largest absolute Gasteiger partial charge is 0.458 e. The summed E-state index contributed by atoms with van der Waals surface area (Å²) >= 11 is 0. The summed E-state index contributed by atoms with van der Waals surface area (Å²) in [5, 5.41) is 30.9. The average Bonchev–Trinajstić information content (AvgIpc) is 3.20. The molecule has 4 fully saturated rings. The van der Waals surface area contributed by atoms with Crippen LogP contribution in [0, 0.1) is 17.8 Å². The maximum Gasteiger partial charge on any atom is 0.331 e. The van der Waals surface area contributed by atoms with Crippen molar-refractivity contribution in [3.05, 3.63) is 0 Å². The Bertz CT molecular complexity index is 1580. The Balaban J connectivity index is 1.78. The second-order valence-corrected chi connectivity index (χ2v) is 17.0. The van der Waals surface area contributed by atoms with Crippen molar-refractivity contribution in [2.45, 2.75) is 154 Å². The van der Waals surface area contributed by atoms with Gasteiger partial charge in [0.2, 0.25) is 11.8 Å². The highest BCUT2D eigenvalue weighted by Gasteiger charge is 2.56. The molecule has 8 N–H and O–H groups in total.